The molecule has 0 saturated carbocycles. The number of thiocarbonyl (C=S) groups is 1. The van der Waals surface area contributed by atoms with Gasteiger partial charge in [0, 0.05) is 27.7 Å². The van der Waals surface area contributed by atoms with Crippen LogP contribution in [0.3, 0.4) is 0 Å². The first kappa shape index (κ1) is 28.5. The lowest BCUT2D eigenvalue weighted by Crippen LogP contribution is -2.48. The standard InChI is InChI=1S/C30H25BrN4O4S/c31-23-13-16-26(39-18-17-20-7-3-1-4-8-20)25(19-23)29(38)33-30(40)35-34-28(37)22-11-14-24(15-12-22)32-27(36)21-9-5-2-6-10-21/h1-16,19H,17-18H2,(H,32,36)(H,34,37)(H2,33,35,38,40). The number of anilines is 1. The Morgan fingerprint density at radius 1 is 0.725 bits per heavy atom. The van der Waals surface area contributed by atoms with Gasteiger partial charge in [-0.3, -0.25) is 30.6 Å². The fourth-order valence-electron chi connectivity index (χ4n) is 3.61. The number of carbonyl (C=O) groups is 3. The highest BCUT2D eigenvalue weighted by Crippen LogP contribution is 2.23. The Bertz CT molecular complexity index is 1500. The average molecular weight is 618 g/mol. The zero-order valence-electron chi connectivity index (χ0n) is 21.1. The minimum Gasteiger partial charge on any atom is -0.492 e. The second kappa shape index (κ2) is 14.0. The van der Waals surface area contributed by atoms with Crippen molar-refractivity contribution < 1.29 is 19.1 Å². The summed E-state index contributed by atoms with van der Waals surface area (Å²) in [6.07, 6.45) is 0.685. The normalized spacial score (nSPS) is 10.2. The van der Waals surface area contributed by atoms with Crippen LogP contribution in [0.15, 0.2) is 108 Å². The van der Waals surface area contributed by atoms with Crippen molar-refractivity contribution in [2.24, 2.45) is 0 Å². The lowest BCUT2D eigenvalue weighted by atomic mass is 10.1. The Morgan fingerprint density at radius 3 is 2.08 bits per heavy atom. The van der Waals surface area contributed by atoms with Crippen LogP contribution in [0, 0.1) is 0 Å². The Hall–Kier alpha value is -4.54. The van der Waals surface area contributed by atoms with Crippen LogP contribution in [0.2, 0.25) is 0 Å². The molecular formula is C30H25BrN4O4S. The molecule has 0 bridgehead atoms. The first-order chi connectivity index (χ1) is 19.4. The number of hydrogen-bond donors (Lipinski definition) is 4. The van der Waals surface area contributed by atoms with Crippen molar-refractivity contribution in [2.45, 2.75) is 6.42 Å². The summed E-state index contributed by atoms with van der Waals surface area (Å²) in [6, 6.07) is 30.1. The Morgan fingerprint density at radius 2 is 1.38 bits per heavy atom. The summed E-state index contributed by atoms with van der Waals surface area (Å²) in [4.78, 5) is 37.7. The molecule has 10 heteroatoms. The SMILES string of the molecule is O=C(NNC(=S)NC(=O)c1cc(Br)ccc1OCCc1ccccc1)c1ccc(NC(=O)c2ccccc2)cc1. The van der Waals surface area contributed by atoms with Gasteiger partial charge in [-0.05, 0) is 72.4 Å². The van der Waals surface area contributed by atoms with Gasteiger partial charge in [-0.2, -0.15) is 0 Å². The molecule has 0 spiro atoms. The molecule has 0 unspecified atom stereocenters. The van der Waals surface area contributed by atoms with Crippen molar-refractivity contribution >= 4 is 56.7 Å². The highest BCUT2D eigenvalue weighted by atomic mass is 79.9. The fraction of sp³-hybridized carbons (Fsp3) is 0.0667. The fourth-order valence-corrected chi connectivity index (χ4v) is 4.12. The summed E-state index contributed by atoms with van der Waals surface area (Å²) in [5, 5.41) is 5.22. The van der Waals surface area contributed by atoms with Crippen LogP contribution >= 0.6 is 28.1 Å². The molecule has 0 radical (unpaired) electrons. The number of ether oxygens (including phenoxy) is 1. The van der Waals surface area contributed by atoms with Crippen molar-refractivity contribution in [2.75, 3.05) is 11.9 Å². The maximum Gasteiger partial charge on any atom is 0.269 e. The van der Waals surface area contributed by atoms with Crippen LogP contribution in [-0.2, 0) is 6.42 Å². The first-order valence-corrected chi connectivity index (χ1v) is 13.4. The smallest absolute Gasteiger partial charge is 0.269 e. The second-order valence-corrected chi connectivity index (χ2v) is 9.81. The molecule has 8 nitrogen and oxygen atoms in total. The van der Waals surface area contributed by atoms with E-state index in [0.29, 0.717) is 40.1 Å². The minimum absolute atomic E-state index is 0.0969. The zero-order valence-corrected chi connectivity index (χ0v) is 23.6. The molecular weight excluding hydrogens is 592 g/mol. The van der Waals surface area contributed by atoms with E-state index >= 15 is 0 Å². The van der Waals surface area contributed by atoms with Gasteiger partial charge in [0.05, 0.1) is 12.2 Å². The zero-order chi connectivity index (χ0) is 28.3. The van der Waals surface area contributed by atoms with Gasteiger partial charge < -0.3 is 10.1 Å². The van der Waals surface area contributed by atoms with Crippen molar-refractivity contribution in [3.63, 3.8) is 0 Å². The quantitative estimate of drug-likeness (QED) is 0.159. The van der Waals surface area contributed by atoms with Gasteiger partial charge in [0.25, 0.3) is 17.7 Å². The molecule has 202 valence electrons. The van der Waals surface area contributed by atoms with E-state index in [1.54, 1.807) is 66.7 Å². The van der Waals surface area contributed by atoms with Crippen LogP contribution in [-0.4, -0.2) is 29.4 Å². The van der Waals surface area contributed by atoms with E-state index in [9.17, 15) is 14.4 Å². The third-order valence-electron chi connectivity index (χ3n) is 5.63. The van der Waals surface area contributed by atoms with Gasteiger partial charge in [-0.15, -0.1) is 0 Å². The maximum atomic E-state index is 12.9. The highest BCUT2D eigenvalue weighted by molar-refractivity contribution is 9.10. The number of carbonyl (C=O) groups excluding carboxylic acids is 3. The molecule has 0 aromatic heterocycles. The van der Waals surface area contributed by atoms with Gasteiger partial charge in [0.2, 0.25) is 0 Å². The molecule has 4 aromatic rings. The summed E-state index contributed by atoms with van der Waals surface area (Å²) in [5.74, 6) is -0.829. The van der Waals surface area contributed by atoms with E-state index in [-0.39, 0.29) is 16.6 Å². The summed E-state index contributed by atoms with van der Waals surface area (Å²) in [5.41, 5.74) is 7.76. The number of rotatable bonds is 8. The molecule has 0 saturated heterocycles. The van der Waals surface area contributed by atoms with Gasteiger partial charge in [0.15, 0.2) is 5.11 Å². The van der Waals surface area contributed by atoms with Gasteiger partial charge >= 0.3 is 0 Å². The van der Waals surface area contributed by atoms with Crippen molar-refractivity contribution in [3.05, 3.63) is 130 Å². The Kier molecular flexibility index (Phi) is 9.98. The van der Waals surface area contributed by atoms with Crippen molar-refractivity contribution in [1.29, 1.82) is 0 Å². The predicted molar refractivity (Wildman–Crippen MR) is 161 cm³/mol. The first-order valence-electron chi connectivity index (χ1n) is 12.2. The number of amides is 3. The van der Waals surface area contributed by atoms with E-state index < -0.39 is 11.8 Å². The van der Waals surface area contributed by atoms with Crippen molar-refractivity contribution in [3.8, 4) is 5.75 Å². The summed E-state index contributed by atoms with van der Waals surface area (Å²) >= 11 is 8.56. The molecule has 3 amide bonds. The second-order valence-electron chi connectivity index (χ2n) is 8.48. The third-order valence-corrected chi connectivity index (χ3v) is 6.33. The average Bonchev–Trinajstić information content (AvgIpc) is 2.98. The summed E-state index contributed by atoms with van der Waals surface area (Å²) in [7, 11) is 0. The highest BCUT2D eigenvalue weighted by Gasteiger charge is 2.16. The monoisotopic (exact) mass is 616 g/mol. The van der Waals surface area contributed by atoms with Gasteiger partial charge in [0.1, 0.15) is 5.75 Å². The predicted octanol–water partition coefficient (Wildman–Crippen LogP) is 5.27. The number of benzene rings is 4. The van der Waals surface area contributed by atoms with Crippen LogP contribution in [0.4, 0.5) is 5.69 Å². The lowest BCUT2D eigenvalue weighted by molar-refractivity contribution is 0.0933. The van der Waals surface area contributed by atoms with Crippen LogP contribution in [0.25, 0.3) is 0 Å². The molecule has 4 aromatic carbocycles. The van der Waals surface area contributed by atoms with E-state index in [0.717, 1.165) is 5.56 Å². The summed E-state index contributed by atoms with van der Waals surface area (Å²) in [6.45, 7) is 0.388. The lowest BCUT2D eigenvalue weighted by Gasteiger charge is -2.14. The van der Waals surface area contributed by atoms with E-state index in [4.69, 9.17) is 17.0 Å². The maximum absolute atomic E-state index is 12.9. The van der Waals surface area contributed by atoms with Gasteiger partial charge in [-0.1, -0.05) is 64.5 Å². The van der Waals surface area contributed by atoms with E-state index in [2.05, 4.69) is 37.4 Å². The van der Waals surface area contributed by atoms with Gasteiger partial charge in [-0.25, -0.2) is 0 Å². The number of halogens is 1. The van der Waals surface area contributed by atoms with Crippen LogP contribution in [0.1, 0.15) is 36.6 Å². The van der Waals surface area contributed by atoms with Crippen molar-refractivity contribution in [1.82, 2.24) is 16.2 Å². The molecule has 0 aliphatic rings. The van der Waals surface area contributed by atoms with Crippen LogP contribution in [0.5, 0.6) is 5.75 Å². The minimum atomic E-state index is -0.499. The topological polar surface area (TPSA) is 109 Å². The van der Waals surface area contributed by atoms with E-state index in [1.807, 2.05) is 36.4 Å². The Labute approximate surface area is 245 Å². The number of hydrogen-bond acceptors (Lipinski definition) is 5. The van der Waals surface area contributed by atoms with Crippen LogP contribution < -0.4 is 26.2 Å². The molecule has 4 rings (SSSR count). The number of hydrazine groups is 1. The summed E-state index contributed by atoms with van der Waals surface area (Å²) < 4.78 is 6.57. The molecule has 0 heterocycles. The Balaban J connectivity index is 1.27. The third kappa shape index (κ3) is 8.23. The molecule has 0 aliphatic heterocycles. The largest absolute Gasteiger partial charge is 0.492 e. The molecule has 0 fully saturated rings. The molecule has 0 atom stereocenters. The molecule has 40 heavy (non-hydrogen) atoms. The molecule has 4 N–H and O–H groups in total. The molecule has 0 aliphatic carbocycles. The number of nitrogens with one attached hydrogen (secondary N) is 4. The van der Waals surface area contributed by atoms with E-state index in [1.165, 1.54) is 0 Å².